The fraction of sp³-hybridized carbons (Fsp3) is 0.318. The molecule has 0 aromatic carbocycles. The Labute approximate surface area is 176 Å². The predicted molar refractivity (Wildman–Crippen MR) is 116 cm³/mol. The van der Waals surface area contributed by atoms with Crippen molar-refractivity contribution < 1.29 is 5.11 Å². The molecule has 29 heavy (non-hydrogen) atoms. The van der Waals surface area contributed by atoms with E-state index >= 15 is 0 Å². The lowest BCUT2D eigenvalue weighted by Gasteiger charge is -2.27. The van der Waals surface area contributed by atoms with E-state index in [0.717, 1.165) is 17.8 Å². The monoisotopic (exact) mass is 407 g/mol. The minimum absolute atomic E-state index is 0.0293. The average molecular weight is 408 g/mol. The van der Waals surface area contributed by atoms with Gasteiger partial charge in [-0.05, 0) is 61.5 Å². The van der Waals surface area contributed by atoms with Crippen LogP contribution in [-0.4, -0.2) is 42.8 Å². The summed E-state index contributed by atoms with van der Waals surface area (Å²) < 4.78 is 2.31. The zero-order chi connectivity index (χ0) is 20.4. The third-order valence-corrected chi connectivity index (χ3v) is 5.89. The number of β-amino-alcohol motifs (C(OH)–C–C–N with tert-alkyl or cyclic N) is 1. The highest BCUT2D eigenvalue weighted by molar-refractivity contribution is 7.80. The first kappa shape index (κ1) is 19.5. The molecule has 1 saturated heterocycles. The zero-order valence-electron chi connectivity index (χ0n) is 16.6. The number of aryl methyl sites for hydroxylation is 1. The van der Waals surface area contributed by atoms with E-state index in [0.29, 0.717) is 11.7 Å². The number of aliphatic hydroxyl groups excluding tert-OH is 1. The molecule has 6 nitrogen and oxygen atoms in total. The lowest BCUT2D eigenvalue weighted by atomic mass is 9.97. The van der Waals surface area contributed by atoms with E-state index in [1.807, 2.05) is 30.5 Å². The van der Waals surface area contributed by atoms with E-state index in [2.05, 4.69) is 50.7 Å². The van der Waals surface area contributed by atoms with Crippen molar-refractivity contribution in [3.05, 3.63) is 83.2 Å². The van der Waals surface area contributed by atoms with Gasteiger partial charge in [0.15, 0.2) is 5.11 Å². The van der Waals surface area contributed by atoms with Gasteiger partial charge < -0.3 is 19.9 Å². The highest BCUT2D eigenvalue weighted by Crippen LogP contribution is 2.40. The van der Waals surface area contributed by atoms with Gasteiger partial charge in [-0.25, -0.2) is 0 Å². The Morgan fingerprint density at radius 1 is 1.17 bits per heavy atom. The first-order chi connectivity index (χ1) is 14.1. The molecule has 0 radical (unpaired) electrons. The van der Waals surface area contributed by atoms with Crippen LogP contribution in [0.2, 0.25) is 0 Å². The summed E-state index contributed by atoms with van der Waals surface area (Å²) in [6.45, 7) is 5.56. The Balaban J connectivity index is 1.75. The lowest BCUT2D eigenvalue weighted by molar-refractivity contribution is 0.222. The molecule has 1 fully saturated rings. The van der Waals surface area contributed by atoms with Gasteiger partial charge in [-0.2, -0.15) is 0 Å². The maximum absolute atomic E-state index is 9.63. The molecule has 3 aromatic heterocycles. The zero-order valence-corrected chi connectivity index (χ0v) is 17.4. The third-order valence-electron chi connectivity index (χ3n) is 5.53. The minimum Gasteiger partial charge on any atom is -0.395 e. The molecule has 0 amide bonds. The predicted octanol–water partition coefficient (Wildman–Crippen LogP) is 2.91. The summed E-state index contributed by atoms with van der Waals surface area (Å²) >= 11 is 5.61. The molecule has 4 rings (SSSR count). The number of hydrogen-bond donors (Lipinski definition) is 2. The molecular weight excluding hydrogens is 382 g/mol. The standard InChI is InChI=1S/C22H25N5OS/c1-15-12-18(16(2)27(15)14-17-6-5-8-23-13-17)21-20(19-7-3-4-9-24-19)25-22(29)26(21)10-11-28/h3-9,12-13,20-21,28H,10-11,14H2,1-2H3,(H,25,29)/t20-,21+/m1/s1. The summed E-state index contributed by atoms with van der Waals surface area (Å²) in [5.74, 6) is 0. The van der Waals surface area contributed by atoms with Crippen LogP contribution in [0.5, 0.6) is 0 Å². The quantitative estimate of drug-likeness (QED) is 0.613. The van der Waals surface area contributed by atoms with E-state index in [1.165, 1.54) is 17.0 Å². The first-order valence-electron chi connectivity index (χ1n) is 9.74. The van der Waals surface area contributed by atoms with Gasteiger partial charge in [-0.1, -0.05) is 12.1 Å². The molecule has 3 aromatic rings. The summed E-state index contributed by atoms with van der Waals surface area (Å²) in [6, 6.07) is 12.1. The van der Waals surface area contributed by atoms with Crippen molar-refractivity contribution in [2.75, 3.05) is 13.2 Å². The van der Waals surface area contributed by atoms with Crippen LogP contribution in [-0.2, 0) is 6.54 Å². The van der Waals surface area contributed by atoms with Gasteiger partial charge in [0.2, 0.25) is 0 Å². The largest absolute Gasteiger partial charge is 0.395 e. The molecule has 1 aliphatic heterocycles. The van der Waals surface area contributed by atoms with Crippen LogP contribution in [0.15, 0.2) is 55.0 Å². The summed E-state index contributed by atoms with van der Waals surface area (Å²) in [5, 5.41) is 13.7. The van der Waals surface area contributed by atoms with E-state index in [4.69, 9.17) is 12.2 Å². The normalized spacial score (nSPS) is 18.9. The maximum atomic E-state index is 9.63. The number of pyridine rings is 2. The second-order valence-corrected chi connectivity index (χ2v) is 7.70. The molecule has 0 saturated carbocycles. The topological polar surface area (TPSA) is 66.2 Å². The minimum atomic E-state index is -0.0670. The Morgan fingerprint density at radius 3 is 2.72 bits per heavy atom. The van der Waals surface area contributed by atoms with Gasteiger partial charge in [0, 0.05) is 43.1 Å². The number of nitrogens with one attached hydrogen (secondary N) is 1. The van der Waals surface area contributed by atoms with E-state index in [9.17, 15) is 5.11 Å². The van der Waals surface area contributed by atoms with Crippen LogP contribution >= 0.6 is 12.2 Å². The van der Waals surface area contributed by atoms with E-state index < -0.39 is 0 Å². The highest BCUT2D eigenvalue weighted by atomic mass is 32.1. The fourth-order valence-electron chi connectivity index (χ4n) is 4.14. The smallest absolute Gasteiger partial charge is 0.170 e. The van der Waals surface area contributed by atoms with Crippen molar-refractivity contribution in [3.63, 3.8) is 0 Å². The molecule has 2 atom stereocenters. The number of aliphatic hydroxyl groups is 1. The van der Waals surface area contributed by atoms with Crippen molar-refractivity contribution in [1.82, 2.24) is 24.8 Å². The Bertz CT molecular complexity index is 989. The number of rotatable bonds is 6. The summed E-state index contributed by atoms with van der Waals surface area (Å²) in [5.41, 5.74) is 5.67. The molecule has 1 aliphatic rings. The van der Waals surface area contributed by atoms with Crippen molar-refractivity contribution in [1.29, 1.82) is 0 Å². The molecule has 2 N–H and O–H groups in total. The molecule has 0 aliphatic carbocycles. The van der Waals surface area contributed by atoms with Crippen LogP contribution in [0.25, 0.3) is 0 Å². The number of nitrogens with zero attached hydrogens (tertiary/aromatic N) is 4. The fourth-order valence-corrected chi connectivity index (χ4v) is 4.47. The molecule has 7 heteroatoms. The van der Waals surface area contributed by atoms with Crippen LogP contribution < -0.4 is 5.32 Å². The third kappa shape index (κ3) is 3.75. The van der Waals surface area contributed by atoms with Gasteiger partial charge >= 0.3 is 0 Å². The maximum Gasteiger partial charge on any atom is 0.170 e. The Hall–Kier alpha value is -2.77. The summed E-state index contributed by atoms with van der Waals surface area (Å²) in [4.78, 5) is 10.9. The first-order valence-corrected chi connectivity index (χ1v) is 10.2. The van der Waals surface area contributed by atoms with Crippen molar-refractivity contribution in [3.8, 4) is 0 Å². The highest BCUT2D eigenvalue weighted by Gasteiger charge is 2.40. The van der Waals surface area contributed by atoms with Gasteiger partial charge in [0.1, 0.15) is 0 Å². The van der Waals surface area contributed by atoms with Gasteiger partial charge in [-0.3, -0.25) is 9.97 Å². The molecule has 0 bridgehead atoms. The van der Waals surface area contributed by atoms with Crippen molar-refractivity contribution in [2.24, 2.45) is 0 Å². The Kier molecular flexibility index (Phi) is 5.60. The van der Waals surface area contributed by atoms with E-state index in [1.54, 1.807) is 12.4 Å². The molecule has 0 unspecified atom stereocenters. The average Bonchev–Trinajstić information content (AvgIpc) is 3.21. The van der Waals surface area contributed by atoms with Gasteiger partial charge in [0.25, 0.3) is 0 Å². The van der Waals surface area contributed by atoms with Crippen LogP contribution in [0.4, 0.5) is 0 Å². The van der Waals surface area contributed by atoms with Crippen LogP contribution in [0.3, 0.4) is 0 Å². The Morgan fingerprint density at radius 2 is 2.03 bits per heavy atom. The van der Waals surface area contributed by atoms with Gasteiger partial charge in [0.05, 0.1) is 24.4 Å². The van der Waals surface area contributed by atoms with Crippen molar-refractivity contribution >= 4 is 17.3 Å². The molecular formula is C22H25N5OS. The summed E-state index contributed by atoms with van der Waals surface area (Å²) in [7, 11) is 0. The van der Waals surface area contributed by atoms with Crippen molar-refractivity contribution in [2.45, 2.75) is 32.5 Å². The molecule has 4 heterocycles. The van der Waals surface area contributed by atoms with Gasteiger partial charge in [-0.15, -0.1) is 0 Å². The van der Waals surface area contributed by atoms with Crippen LogP contribution in [0, 0.1) is 13.8 Å². The van der Waals surface area contributed by atoms with E-state index in [-0.39, 0.29) is 18.7 Å². The molecule has 0 spiro atoms. The van der Waals surface area contributed by atoms with Crippen LogP contribution in [0.1, 0.15) is 40.3 Å². The number of thiocarbonyl (C=S) groups is 1. The second kappa shape index (κ2) is 8.31. The SMILES string of the molecule is Cc1cc([C@H]2[C@@H](c3ccccn3)NC(=S)N2CCO)c(C)n1Cc1cccnc1. The molecule has 150 valence electrons. The lowest BCUT2D eigenvalue weighted by Crippen LogP contribution is -2.32. The summed E-state index contributed by atoms with van der Waals surface area (Å²) in [6.07, 6.45) is 5.50. The number of aromatic nitrogens is 3. The number of hydrogen-bond acceptors (Lipinski definition) is 4. The second-order valence-electron chi connectivity index (χ2n) is 7.32.